The van der Waals surface area contributed by atoms with Gasteiger partial charge in [0, 0.05) is 26.8 Å². The Balaban J connectivity index is 1.64. The Morgan fingerprint density at radius 1 is 0.636 bits per heavy atom. The maximum Gasteiger partial charge on any atom is 0.334 e. The molecule has 3 amide bonds. The number of para-hydroxylation sites is 1. The van der Waals surface area contributed by atoms with Crippen LogP contribution in [0.15, 0.2) is 146 Å². The number of benzene rings is 5. The van der Waals surface area contributed by atoms with Gasteiger partial charge in [0.05, 0.1) is 6.16 Å². The number of nitrogens with two attached hydrogens (primary N) is 1. The number of urea groups is 1. The van der Waals surface area contributed by atoms with Gasteiger partial charge >= 0.3 is 6.03 Å². The van der Waals surface area contributed by atoms with Gasteiger partial charge in [-0.15, -0.1) is 0 Å². The maximum atomic E-state index is 15.6. The number of hydrazine groups is 1. The summed E-state index contributed by atoms with van der Waals surface area (Å²) in [5.41, 5.74) is 8.57. The van der Waals surface area contributed by atoms with E-state index in [0.29, 0.717) is 21.2 Å². The van der Waals surface area contributed by atoms with Crippen LogP contribution in [0.3, 0.4) is 0 Å². The van der Waals surface area contributed by atoms with Crippen molar-refractivity contribution < 1.29 is 23.8 Å². The third-order valence-corrected chi connectivity index (χ3v) is 13.6. The minimum absolute atomic E-state index is 0.108. The van der Waals surface area contributed by atoms with Crippen LogP contribution >= 0.6 is 14.3 Å². The minimum Gasteiger partial charge on any atom is -0.508 e. The third kappa shape index (κ3) is 6.09. The highest BCUT2D eigenvalue weighted by Gasteiger charge is 2.45. The molecule has 0 radical (unpaired) electrons. The average molecular weight is 624 g/mol. The molecule has 0 spiro atoms. The molecule has 0 saturated heterocycles. The molecule has 5 aromatic rings. The quantitative estimate of drug-likeness (QED) is 0.160. The van der Waals surface area contributed by atoms with Crippen molar-refractivity contribution in [1.82, 2.24) is 10.4 Å². The highest BCUT2D eigenvalue weighted by atomic mass is 31.2. The molecular formula is C34H31N3O5P2. The molecule has 0 fully saturated rings. The molecule has 0 aliphatic carbocycles. The lowest BCUT2D eigenvalue weighted by Crippen LogP contribution is -2.53. The lowest BCUT2D eigenvalue weighted by molar-refractivity contribution is -0.122. The molecule has 0 aliphatic rings. The summed E-state index contributed by atoms with van der Waals surface area (Å²) < 4.78 is 30.2. The lowest BCUT2D eigenvalue weighted by atomic mass is 10.2. The first-order chi connectivity index (χ1) is 21.2. The highest BCUT2D eigenvalue weighted by Crippen LogP contribution is 2.59. The molecular weight excluding hydrogens is 592 g/mol. The van der Waals surface area contributed by atoms with Crippen molar-refractivity contribution in [1.29, 1.82) is 0 Å². The molecule has 44 heavy (non-hydrogen) atoms. The van der Waals surface area contributed by atoms with E-state index in [1.165, 1.54) is 12.1 Å². The Morgan fingerprint density at radius 3 is 1.43 bits per heavy atom. The molecule has 222 valence electrons. The van der Waals surface area contributed by atoms with E-state index in [4.69, 9.17) is 5.73 Å². The van der Waals surface area contributed by atoms with Crippen molar-refractivity contribution in [3.8, 4) is 5.75 Å². The van der Waals surface area contributed by atoms with Crippen LogP contribution in [0.25, 0.3) is 0 Å². The minimum atomic E-state index is -3.94. The molecule has 0 aromatic heterocycles. The number of carbonyl (C=O) groups excluding carboxylic acids is 2. The van der Waals surface area contributed by atoms with Gasteiger partial charge in [0.2, 0.25) is 5.91 Å². The van der Waals surface area contributed by atoms with Crippen LogP contribution in [0.2, 0.25) is 0 Å². The second kappa shape index (κ2) is 13.2. The molecule has 5 rings (SSSR count). The monoisotopic (exact) mass is 623 g/mol. The summed E-state index contributed by atoms with van der Waals surface area (Å²) >= 11 is 0. The van der Waals surface area contributed by atoms with Crippen LogP contribution in [0.1, 0.15) is 11.3 Å². The van der Waals surface area contributed by atoms with Crippen LogP contribution in [-0.2, 0) is 13.9 Å². The number of aromatic hydroxyl groups is 1. The van der Waals surface area contributed by atoms with Gasteiger partial charge in [0.15, 0.2) is 14.3 Å². The van der Waals surface area contributed by atoms with E-state index in [2.05, 4.69) is 5.43 Å². The molecule has 1 unspecified atom stereocenters. The third-order valence-electron chi connectivity index (χ3n) is 7.28. The summed E-state index contributed by atoms with van der Waals surface area (Å²) in [6, 6.07) is 39.4. The summed E-state index contributed by atoms with van der Waals surface area (Å²) in [6.45, 7) is 0. The highest BCUT2D eigenvalue weighted by molar-refractivity contribution is 7.79. The molecule has 10 heteroatoms. The van der Waals surface area contributed by atoms with Gasteiger partial charge in [0.1, 0.15) is 11.5 Å². The normalized spacial score (nSPS) is 12.2. The smallest absolute Gasteiger partial charge is 0.334 e. The number of amides is 3. The molecule has 1 atom stereocenters. The van der Waals surface area contributed by atoms with E-state index >= 15 is 4.57 Å². The van der Waals surface area contributed by atoms with E-state index in [1.54, 1.807) is 133 Å². The van der Waals surface area contributed by atoms with Crippen LogP contribution in [0.5, 0.6) is 5.75 Å². The first-order valence-corrected chi connectivity index (χ1v) is 17.5. The van der Waals surface area contributed by atoms with Crippen molar-refractivity contribution in [2.24, 2.45) is 5.73 Å². The SMILES string of the molecule is NC(=O)N(NC(=O)CP(=O)(c1ccccc1)c1ccccc1)C(c1ccccc1O)P(=O)(c1ccccc1)c1ccccc1. The van der Waals surface area contributed by atoms with E-state index in [9.17, 15) is 19.3 Å². The summed E-state index contributed by atoms with van der Waals surface area (Å²) in [7, 11) is -7.48. The van der Waals surface area contributed by atoms with E-state index in [0.717, 1.165) is 5.01 Å². The number of hydrogen-bond acceptors (Lipinski definition) is 5. The zero-order chi connectivity index (χ0) is 31.2. The average Bonchev–Trinajstić information content (AvgIpc) is 3.06. The van der Waals surface area contributed by atoms with Crippen LogP contribution in [-0.4, -0.2) is 28.2 Å². The van der Waals surface area contributed by atoms with Gasteiger partial charge in [-0.3, -0.25) is 10.2 Å². The second-order valence-electron chi connectivity index (χ2n) is 10.1. The fraction of sp³-hybridized carbons (Fsp3) is 0.0588. The summed E-state index contributed by atoms with van der Waals surface area (Å²) in [6.07, 6.45) is -0.501. The molecule has 0 bridgehead atoms. The summed E-state index contributed by atoms with van der Waals surface area (Å²) in [5, 5.41) is 13.5. The fourth-order valence-corrected chi connectivity index (χ4v) is 10.9. The molecule has 4 N–H and O–H groups in total. The number of carbonyl (C=O) groups is 2. The van der Waals surface area contributed by atoms with Gasteiger partial charge < -0.3 is 20.0 Å². The molecule has 0 aliphatic heterocycles. The van der Waals surface area contributed by atoms with Gasteiger partial charge in [-0.1, -0.05) is 140 Å². The van der Waals surface area contributed by atoms with Gasteiger partial charge in [0.25, 0.3) is 0 Å². The summed E-state index contributed by atoms with van der Waals surface area (Å²) in [4.78, 5) is 27.1. The lowest BCUT2D eigenvalue weighted by Gasteiger charge is -2.37. The molecule has 8 nitrogen and oxygen atoms in total. The second-order valence-corrected chi connectivity index (χ2v) is 15.7. The first-order valence-electron chi connectivity index (χ1n) is 13.8. The van der Waals surface area contributed by atoms with Crippen molar-refractivity contribution in [2.45, 2.75) is 5.78 Å². The number of phenolic OH excluding ortho intramolecular Hbond substituents is 1. The van der Waals surface area contributed by atoms with E-state index in [-0.39, 0.29) is 11.3 Å². The standard InChI is InChI=1S/C34H31N3O5P2/c35-34(40)37(36-32(39)25-43(41,26-15-5-1-6-16-26)27-17-7-2-8-18-27)33(30-23-13-14-24-31(30)38)44(42,28-19-9-3-10-20-28)29-21-11-4-12-22-29/h1-24,33,38H,25H2,(H2,35,40)(H,36,39). The Morgan fingerprint density at radius 2 is 1.02 bits per heavy atom. The number of primary amides is 1. The Labute approximate surface area is 255 Å². The van der Waals surface area contributed by atoms with Crippen LogP contribution in [0, 0.1) is 0 Å². The van der Waals surface area contributed by atoms with E-state index < -0.39 is 38.2 Å². The first kappa shape index (κ1) is 30.6. The number of rotatable bonds is 9. The number of phenols is 1. The summed E-state index contributed by atoms with van der Waals surface area (Å²) in [5.74, 6) is -2.49. The molecule has 5 aromatic carbocycles. The molecule has 0 saturated carbocycles. The van der Waals surface area contributed by atoms with Crippen molar-refractivity contribution in [2.75, 3.05) is 6.16 Å². The number of nitrogens with one attached hydrogen (secondary N) is 1. The van der Waals surface area contributed by atoms with Gasteiger partial charge in [-0.2, -0.15) is 0 Å². The predicted octanol–water partition coefficient (Wildman–Crippen LogP) is 4.83. The fourth-order valence-electron chi connectivity index (χ4n) is 5.21. The number of hydrogen-bond donors (Lipinski definition) is 3. The molecule has 0 heterocycles. The topological polar surface area (TPSA) is 130 Å². The van der Waals surface area contributed by atoms with Crippen LogP contribution in [0.4, 0.5) is 4.79 Å². The largest absolute Gasteiger partial charge is 0.508 e. The van der Waals surface area contributed by atoms with Gasteiger partial charge in [-0.05, 0) is 6.07 Å². The Kier molecular flexibility index (Phi) is 9.15. The van der Waals surface area contributed by atoms with Gasteiger partial charge in [-0.25, -0.2) is 9.80 Å². The van der Waals surface area contributed by atoms with E-state index in [1.807, 2.05) is 0 Å². The van der Waals surface area contributed by atoms with Crippen molar-refractivity contribution in [3.05, 3.63) is 151 Å². The van der Waals surface area contributed by atoms with Crippen LogP contribution < -0.4 is 32.4 Å². The zero-order valence-electron chi connectivity index (χ0n) is 23.6. The number of nitrogens with zero attached hydrogens (tertiary/aromatic N) is 1. The Hall–Kier alpha value is -4.90. The van der Waals surface area contributed by atoms with Crippen molar-refractivity contribution >= 4 is 47.4 Å². The maximum absolute atomic E-state index is 15.6. The predicted molar refractivity (Wildman–Crippen MR) is 175 cm³/mol. The zero-order valence-corrected chi connectivity index (χ0v) is 25.4. The Bertz CT molecular complexity index is 1750. The van der Waals surface area contributed by atoms with Crippen molar-refractivity contribution in [3.63, 3.8) is 0 Å².